The number of hydrogen-bond donors (Lipinski definition) is 1. The van der Waals surface area contributed by atoms with Gasteiger partial charge in [-0.25, -0.2) is 0 Å². The van der Waals surface area contributed by atoms with Crippen LogP contribution < -0.4 is 5.32 Å². The molecule has 1 heterocycles. The Morgan fingerprint density at radius 3 is 2.24 bits per heavy atom. The van der Waals surface area contributed by atoms with Crippen molar-refractivity contribution in [2.24, 2.45) is 0 Å². The largest absolute Gasteiger partial charge is 0.321 e. The van der Waals surface area contributed by atoms with E-state index in [1.807, 2.05) is 60.7 Å². The van der Waals surface area contributed by atoms with Crippen molar-refractivity contribution >= 4 is 17.7 Å². The second-order valence-corrected chi connectivity index (χ2v) is 3.97. The van der Waals surface area contributed by atoms with Gasteiger partial charge in [-0.3, -0.25) is 4.79 Å². The molecule has 2 aromatic rings. The molecule has 0 fully saturated rings. The molecule has 0 aliphatic carbocycles. The number of carbonyl (C=O) groups excluding carboxylic acids is 1. The lowest BCUT2D eigenvalue weighted by molar-refractivity contribution is 0.0981. The molecular formula is C15H11NO. The van der Waals surface area contributed by atoms with Crippen LogP contribution in [0.15, 0.2) is 54.6 Å². The highest BCUT2D eigenvalue weighted by Crippen LogP contribution is 2.25. The Morgan fingerprint density at radius 1 is 0.824 bits per heavy atom. The number of fused-ring (bicyclic) bond motifs is 1. The molecule has 0 unspecified atom stereocenters. The Balaban J connectivity index is 2.08. The first-order chi connectivity index (χ1) is 8.34. The van der Waals surface area contributed by atoms with Gasteiger partial charge in [-0.15, -0.1) is 0 Å². The summed E-state index contributed by atoms with van der Waals surface area (Å²) in [5, 5.41) is 2.89. The van der Waals surface area contributed by atoms with E-state index in [1.165, 1.54) is 0 Å². The minimum Gasteiger partial charge on any atom is -0.321 e. The molecule has 0 aromatic heterocycles. The molecule has 1 amide bonds. The Labute approximate surface area is 99.6 Å². The van der Waals surface area contributed by atoms with Gasteiger partial charge in [-0.05, 0) is 17.7 Å². The smallest absolute Gasteiger partial charge is 0.256 e. The zero-order valence-corrected chi connectivity index (χ0v) is 9.18. The zero-order valence-electron chi connectivity index (χ0n) is 9.18. The van der Waals surface area contributed by atoms with Crippen molar-refractivity contribution < 1.29 is 4.79 Å². The summed E-state index contributed by atoms with van der Waals surface area (Å²) in [6, 6.07) is 17.6. The lowest BCUT2D eigenvalue weighted by Gasteiger charge is -1.99. The van der Waals surface area contributed by atoms with Gasteiger partial charge < -0.3 is 5.32 Å². The Bertz CT molecular complexity index is 599. The average Bonchev–Trinajstić information content (AvgIpc) is 2.69. The maximum absolute atomic E-state index is 11.7. The number of nitrogens with one attached hydrogen (secondary N) is 1. The molecule has 1 aliphatic heterocycles. The van der Waals surface area contributed by atoms with E-state index in [2.05, 4.69) is 5.32 Å². The zero-order chi connectivity index (χ0) is 11.7. The summed E-state index contributed by atoms with van der Waals surface area (Å²) >= 11 is 0. The van der Waals surface area contributed by atoms with Gasteiger partial charge in [0.25, 0.3) is 5.91 Å². The standard InChI is InChI=1S/C15H11NO/c17-15-13-9-5-4-8-12(13)14(16-15)10-11-6-2-1-3-7-11/h1-10H,(H,16,17)/b14-10+. The van der Waals surface area contributed by atoms with Crippen molar-refractivity contribution in [2.45, 2.75) is 0 Å². The van der Waals surface area contributed by atoms with Crippen LogP contribution in [0.4, 0.5) is 0 Å². The molecule has 2 nitrogen and oxygen atoms in total. The normalized spacial score (nSPS) is 15.8. The van der Waals surface area contributed by atoms with E-state index >= 15 is 0 Å². The van der Waals surface area contributed by atoms with E-state index in [0.29, 0.717) is 0 Å². The fourth-order valence-electron chi connectivity index (χ4n) is 2.00. The van der Waals surface area contributed by atoms with Crippen LogP contribution in [0, 0.1) is 0 Å². The monoisotopic (exact) mass is 221 g/mol. The number of carbonyl (C=O) groups is 1. The predicted molar refractivity (Wildman–Crippen MR) is 68.2 cm³/mol. The van der Waals surface area contributed by atoms with Crippen LogP contribution in [-0.2, 0) is 0 Å². The van der Waals surface area contributed by atoms with E-state index in [0.717, 1.165) is 22.4 Å². The first-order valence-electron chi connectivity index (χ1n) is 5.52. The Hall–Kier alpha value is -2.35. The van der Waals surface area contributed by atoms with Crippen molar-refractivity contribution in [1.82, 2.24) is 5.32 Å². The van der Waals surface area contributed by atoms with Gasteiger partial charge in [0, 0.05) is 16.8 Å². The van der Waals surface area contributed by atoms with Gasteiger partial charge in [0.2, 0.25) is 0 Å². The van der Waals surface area contributed by atoms with Crippen molar-refractivity contribution in [3.05, 3.63) is 71.3 Å². The maximum atomic E-state index is 11.7. The summed E-state index contributed by atoms with van der Waals surface area (Å²) in [5.41, 5.74) is 3.67. The summed E-state index contributed by atoms with van der Waals surface area (Å²) in [4.78, 5) is 11.7. The minimum absolute atomic E-state index is 0.0252. The van der Waals surface area contributed by atoms with E-state index in [4.69, 9.17) is 0 Å². The van der Waals surface area contributed by atoms with Gasteiger partial charge >= 0.3 is 0 Å². The fourth-order valence-corrected chi connectivity index (χ4v) is 2.00. The fraction of sp³-hybridized carbons (Fsp3) is 0. The van der Waals surface area contributed by atoms with E-state index in [1.54, 1.807) is 0 Å². The lowest BCUT2D eigenvalue weighted by Crippen LogP contribution is -2.11. The third kappa shape index (κ3) is 1.74. The van der Waals surface area contributed by atoms with E-state index in [9.17, 15) is 4.79 Å². The minimum atomic E-state index is -0.0252. The summed E-state index contributed by atoms with van der Waals surface area (Å²) in [7, 11) is 0. The molecular weight excluding hydrogens is 210 g/mol. The number of amides is 1. The lowest BCUT2D eigenvalue weighted by atomic mass is 10.1. The number of hydrogen-bond acceptors (Lipinski definition) is 1. The van der Waals surface area contributed by atoms with Gasteiger partial charge in [0.1, 0.15) is 0 Å². The van der Waals surface area contributed by atoms with Crippen LogP contribution in [0.5, 0.6) is 0 Å². The van der Waals surface area contributed by atoms with Crippen molar-refractivity contribution in [3.63, 3.8) is 0 Å². The Morgan fingerprint density at radius 2 is 1.47 bits per heavy atom. The molecule has 1 N–H and O–H groups in total. The molecule has 0 atom stereocenters. The predicted octanol–water partition coefficient (Wildman–Crippen LogP) is 2.93. The van der Waals surface area contributed by atoms with Gasteiger partial charge in [0.15, 0.2) is 0 Å². The van der Waals surface area contributed by atoms with Crippen LogP contribution in [0.1, 0.15) is 21.5 Å². The van der Waals surface area contributed by atoms with Crippen molar-refractivity contribution in [1.29, 1.82) is 0 Å². The molecule has 0 saturated carbocycles. The van der Waals surface area contributed by atoms with Gasteiger partial charge in [-0.1, -0.05) is 48.5 Å². The molecule has 17 heavy (non-hydrogen) atoms. The molecule has 1 aliphatic rings. The Kier molecular flexibility index (Phi) is 2.26. The second kappa shape index (κ2) is 3.91. The molecule has 3 rings (SSSR count). The number of rotatable bonds is 1. The first-order valence-corrected chi connectivity index (χ1v) is 5.52. The first kappa shape index (κ1) is 9.85. The highest BCUT2D eigenvalue weighted by molar-refractivity contribution is 6.11. The summed E-state index contributed by atoms with van der Waals surface area (Å²) in [6.07, 6.45) is 1.99. The third-order valence-corrected chi connectivity index (χ3v) is 2.82. The van der Waals surface area contributed by atoms with Crippen LogP contribution in [0.3, 0.4) is 0 Å². The summed E-state index contributed by atoms with van der Waals surface area (Å²) in [6.45, 7) is 0. The second-order valence-electron chi connectivity index (χ2n) is 3.97. The van der Waals surface area contributed by atoms with Crippen molar-refractivity contribution in [3.8, 4) is 0 Å². The highest BCUT2D eigenvalue weighted by atomic mass is 16.1. The van der Waals surface area contributed by atoms with Crippen LogP contribution >= 0.6 is 0 Å². The molecule has 82 valence electrons. The van der Waals surface area contributed by atoms with E-state index in [-0.39, 0.29) is 5.91 Å². The quantitative estimate of drug-likeness (QED) is 0.788. The molecule has 0 spiro atoms. The number of benzene rings is 2. The molecule has 0 bridgehead atoms. The molecule has 2 heteroatoms. The summed E-state index contributed by atoms with van der Waals surface area (Å²) < 4.78 is 0. The molecule has 0 radical (unpaired) electrons. The third-order valence-electron chi connectivity index (χ3n) is 2.82. The maximum Gasteiger partial charge on any atom is 0.256 e. The highest BCUT2D eigenvalue weighted by Gasteiger charge is 2.22. The van der Waals surface area contributed by atoms with Crippen LogP contribution in [0.25, 0.3) is 11.8 Å². The van der Waals surface area contributed by atoms with Gasteiger partial charge in [0.05, 0.1) is 0 Å². The van der Waals surface area contributed by atoms with Crippen LogP contribution in [-0.4, -0.2) is 5.91 Å². The van der Waals surface area contributed by atoms with Crippen LogP contribution in [0.2, 0.25) is 0 Å². The average molecular weight is 221 g/mol. The topological polar surface area (TPSA) is 29.1 Å². The SMILES string of the molecule is O=C1N/C(=C/c2ccccc2)c2ccccc21. The summed E-state index contributed by atoms with van der Waals surface area (Å²) in [5.74, 6) is -0.0252. The van der Waals surface area contributed by atoms with Crippen molar-refractivity contribution in [2.75, 3.05) is 0 Å². The van der Waals surface area contributed by atoms with E-state index < -0.39 is 0 Å². The van der Waals surface area contributed by atoms with Gasteiger partial charge in [-0.2, -0.15) is 0 Å². The molecule has 2 aromatic carbocycles. The molecule has 0 saturated heterocycles.